The van der Waals surface area contributed by atoms with Gasteiger partial charge in [0.25, 0.3) is 0 Å². The number of carbonyl (C=O) groups excluding carboxylic acids is 2. The summed E-state index contributed by atoms with van der Waals surface area (Å²) in [6, 6.07) is -0.680. The highest BCUT2D eigenvalue weighted by Gasteiger charge is 2.63. The molecule has 2 unspecified atom stereocenters. The fourth-order valence-corrected chi connectivity index (χ4v) is 7.76. The van der Waals surface area contributed by atoms with Crippen LogP contribution in [0.3, 0.4) is 0 Å². The summed E-state index contributed by atoms with van der Waals surface area (Å²) in [6.45, 7) is 5.56. The molecule has 0 aromatic heterocycles. The third-order valence-corrected chi connectivity index (χ3v) is 9.67. The highest BCUT2D eigenvalue weighted by Crippen LogP contribution is 2.65. The number of nitrogens with zero attached hydrogens (tertiary/aromatic N) is 1. The number of carbonyl (C=O) groups is 2. The predicted molar refractivity (Wildman–Crippen MR) is 117 cm³/mol. The van der Waals surface area contributed by atoms with E-state index in [1.54, 1.807) is 6.08 Å². The Morgan fingerprint density at radius 3 is 2.38 bits per heavy atom. The summed E-state index contributed by atoms with van der Waals surface area (Å²) < 4.78 is 66.5. The van der Waals surface area contributed by atoms with E-state index in [9.17, 15) is 31.5 Å². The van der Waals surface area contributed by atoms with Crippen molar-refractivity contribution in [1.82, 2.24) is 10.2 Å². The average Bonchev–Trinajstić information content (AvgIpc) is 3.08. The van der Waals surface area contributed by atoms with Crippen LogP contribution in [0.25, 0.3) is 0 Å². The molecule has 3 aliphatic carbocycles. The summed E-state index contributed by atoms with van der Waals surface area (Å²) in [5, 5.41) is 3.10. The summed E-state index contributed by atoms with van der Waals surface area (Å²) >= 11 is 0. The molecular weight excluding hydrogens is 455 g/mol. The van der Waals surface area contributed by atoms with Crippen molar-refractivity contribution in [3.05, 3.63) is 12.2 Å². The zero-order valence-electron chi connectivity index (χ0n) is 20.2. The minimum atomic E-state index is -5.70. The van der Waals surface area contributed by atoms with Gasteiger partial charge in [0, 0.05) is 23.4 Å². The minimum absolute atomic E-state index is 0.0717. The first-order chi connectivity index (χ1) is 15.6. The van der Waals surface area contributed by atoms with E-state index in [1.807, 2.05) is 13.0 Å². The molecule has 192 valence electrons. The normalized spacial score (nSPS) is 39.8. The van der Waals surface area contributed by atoms with Gasteiger partial charge in [0.05, 0.1) is 6.54 Å². The van der Waals surface area contributed by atoms with Crippen LogP contribution in [0.4, 0.5) is 22.0 Å². The van der Waals surface area contributed by atoms with Crippen LogP contribution in [-0.2, 0) is 9.59 Å². The van der Waals surface area contributed by atoms with Gasteiger partial charge in [-0.3, -0.25) is 9.59 Å². The summed E-state index contributed by atoms with van der Waals surface area (Å²) in [7, 11) is 0. The molecule has 0 saturated heterocycles. The van der Waals surface area contributed by atoms with Crippen molar-refractivity contribution in [1.29, 1.82) is 0 Å². The highest BCUT2D eigenvalue weighted by molar-refractivity contribution is 5.89. The average molecular weight is 491 g/mol. The van der Waals surface area contributed by atoms with Crippen molar-refractivity contribution >= 4 is 11.8 Å². The molecule has 0 spiro atoms. The zero-order chi connectivity index (χ0) is 25.3. The lowest BCUT2D eigenvalue weighted by Crippen LogP contribution is -2.60. The molecule has 1 heterocycles. The van der Waals surface area contributed by atoms with E-state index in [0.29, 0.717) is 18.3 Å². The molecule has 0 aromatic carbocycles. The van der Waals surface area contributed by atoms with Gasteiger partial charge >= 0.3 is 12.1 Å². The number of rotatable bonds is 4. The van der Waals surface area contributed by atoms with Crippen LogP contribution in [0.2, 0.25) is 0 Å². The van der Waals surface area contributed by atoms with Crippen LogP contribution >= 0.6 is 0 Å². The number of nitrogens with one attached hydrogen (secondary N) is 1. The second kappa shape index (κ2) is 8.19. The maximum atomic E-state index is 13.9. The van der Waals surface area contributed by atoms with E-state index < -0.39 is 41.9 Å². The van der Waals surface area contributed by atoms with Crippen LogP contribution in [0.5, 0.6) is 0 Å². The Morgan fingerprint density at radius 1 is 1.09 bits per heavy atom. The Labute approximate surface area is 197 Å². The van der Waals surface area contributed by atoms with Crippen molar-refractivity contribution in [2.24, 2.45) is 34.5 Å². The molecule has 0 bridgehead atoms. The SMILES string of the molecule is CC(C)N(CC(F)(F)C(F)(F)F)C(=O)C1CC[C@H]2[C@@H]3CCC4NC(=O)C=C[C@]4(C)[C@@H]3CC[C@]12C. The van der Waals surface area contributed by atoms with E-state index in [4.69, 9.17) is 0 Å². The molecular formula is C25H35F5N2O2. The monoisotopic (exact) mass is 490 g/mol. The summed E-state index contributed by atoms with van der Waals surface area (Å²) in [4.78, 5) is 26.1. The maximum absolute atomic E-state index is 13.9. The molecule has 0 aromatic rings. The van der Waals surface area contributed by atoms with Gasteiger partial charge in [-0.25, -0.2) is 0 Å². The number of alkyl halides is 5. The van der Waals surface area contributed by atoms with Gasteiger partial charge in [-0.2, -0.15) is 22.0 Å². The van der Waals surface area contributed by atoms with Crippen LogP contribution in [0, 0.1) is 34.5 Å². The van der Waals surface area contributed by atoms with Gasteiger partial charge in [0.15, 0.2) is 0 Å². The molecule has 3 fully saturated rings. The first kappa shape index (κ1) is 25.4. The van der Waals surface area contributed by atoms with Crippen molar-refractivity contribution in [3.8, 4) is 0 Å². The lowest BCUT2D eigenvalue weighted by molar-refractivity contribution is -0.286. The van der Waals surface area contributed by atoms with Gasteiger partial charge in [-0.1, -0.05) is 19.9 Å². The molecule has 1 aliphatic heterocycles. The van der Waals surface area contributed by atoms with E-state index in [2.05, 4.69) is 12.2 Å². The molecule has 3 saturated carbocycles. The van der Waals surface area contributed by atoms with Crippen molar-refractivity contribution in [2.75, 3.05) is 6.54 Å². The molecule has 4 nitrogen and oxygen atoms in total. The Kier molecular flexibility index (Phi) is 6.12. The summed E-state index contributed by atoms with van der Waals surface area (Å²) in [6.07, 6.45) is 2.55. The topological polar surface area (TPSA) is 49.4 Å². The zero-order valence-corrected chi connectivity index (χ0v) is 20.2. The summed E-state index contributed by atoms with van der Waals surface area (Å²) in [5.74, 6) is -5.27. The predicted octanol–water partition coefficient (Wildman–Crippen LogP) is 5.33. The van der Waals surface area contributed by atoms with Crippen molar-refractivity contribution in [3.63, 3.8) is 0 Å². The Hall–Kier alpha value is -1.67. The third-order valence-electron chi connectivity index (χ3n) is 9.67. The van der Waals surface area contributed by atoms with E-state index in [-0.39, 0.29) is 23.3 Å². The number of hydrogen-bond acceptors (Lipinski definition) is 2. The third kappa shape index (κ3) is 3.85. The first-order valence-corrected chi connectivity index (χ1v) is 12.4. The summed E-state index contributed by atoms with van der Waals surface area (Å²) in [5.41, 5.74) is -0.595. The first-order valence-electron chi connectivity index (χ1n) is 12.4. The number of amides is 2. The Morgan fingerprint density at radius 2 is 1.76 bits per heavy atom. The fraction of sp³-hybridized carbons (Fsp3) is 0.840. The van der Waals surface area contributed by atoms with Crippen LogP contribution in [0.15, 0.2) is 12.2 Å². The van der Waals surface area contributed by atoms with Gasteiger partial charge in [0.2, 0.25) is 11.8 Å². The lowest BCUT2D eigenvalue weighted by atomic mass is 9.48. The molecule has 0 radical (unpaired) electrons. The highest BCUT2D eigenvalue weighted by atomic mass is 19.4. The number of halogens is 5. The van der Waals surface area contributed by atoms with Crippen molar-refractivity contribution < 1.29 is 31.5 Å². The Balaban J connectivity index is 1.57. The second-order valence-corrected chi connectivity index (χ2v) is 11.7. The van der Waals surface area contributed by atoms with E-state index in [0.717, 1.165) is 37.0 Å². The van der Waals surface area contributed by atoms with E-state index in [1.165, 1.54) is 13.8 Å². The van der Waals surface area contributed by atoms with Gasteiger partial charge in [-0.15, -0.1) is 0 Å². The fourth-order valence-electron chi connectivity index (χ4n) is 7.76. The van der Waals surface area contributed by atoms with E-state index >= 15 is 0 Å². The molecule has 7 atom stereocenters. The largest absolute Gasteiger partial charge is 0.455 e. The number of hydrogen-bond donors (Lipinski definition) is 1. The molecule has 4 rings (SSSR count). The standard InChI is InChI=1S/C25H35F5N2O2/c1-14(2)32(13-24(26,27)25(28,29)30)21(34)18-7-6-16-15-5-8-19-23(4,12-10-20(33)31-19)17(15)9-11-22(16,18)3/h10,12,14-19H,5-9,11,13H2,1-4H3,(H,31,33)/t15-,16-,17+,18?,19?,22-,23+/m0/s1. The van der Waals surface area contributed by atoms with Gasteiger partial charge in [-0.05, 0) is 81.6 Å². The van der Waals surface area contributed by atoms with Crippen LogP contribution < -0.4 is 5.32 Å². The quantitative estimate of drug-likeness (QED) is 0.542. The molecule has 9 heteroatoms. The van der Waals surface area contributed by atoms with Gasteiger partial charge in [0.1, 0.15) is 0 Å². The smallest absolute Gasteiger partial charge is 0.349 e. The number of fused-ring (bicyclic) bond motifs is 5. The van der Waals surface area contributed by atoms with Crippen molar-refractivity contribution in [2.45, 2.75) is 90.4 Å². The molecule has 4 aliphatic rings. The van der Waals surface area contributed by atoms with Crippen LogP contribution in [0.1, 0.15) is 66.2 Å². The molecule has 2 amide bonds. The maximum Gasteiger partial charge on any atom is 0.455 e. The lowest BCUT2D eigenvalue weighted by Gasteiger charge is -2.58. The molecule has 34 heavy (non-hydrogen) atoms. The second-order valence-electron chi connectivity index (χ2n) is 11.7. The van der Waals surface area contributed by atoms with Gasteiger partial charge < -0.3 is 10.2 Å². The molecule has 1 N–H and O–H groups in total. The minimum Gasteiger partial charge on any atom is -0.349 e. The Bertz CT molecular complexity index is 872. The van der Waals surface area contributed by atoms with Crippen LogP contribution in [-0.4, -0.2) is 47.4 Å².